The summed E-state index contributed by atoms with van der Waals surface area (Å²) >= 11 is 0. The Morgan fingerprint density at radius 3 is 2.43 bits per heavy atom. The van der Waals surface area contributed by atoms with E-state index in [-0.39, 0.29) is 16.9 Å². The quantitative estimate of drug-likeness (QED) is 0.801. The van der Waals surface area contributed by atoms with Gasteiger partial charge in [-0.15, -0.1) is 0 Å². The van der Waals surface area contributed by atoms with Gasteiger partial charge in [0.05, 0.1) is 5.25 Å². The molecule has 0 unspecified atom stereocenters. The van der Waals surface area contributed by atoms with Gasteiger partial charge in [-0.25, -0.2) is 8.42 Å². The van der Waals surface area contributed by atoms with Crippen molar-refractivity contribution in [3.05, 3.63) is 42.0 Å². The van der Waals surface area contributed by atoms with Crippen LogP contribution in [0.2, 0.25) is 0 Å². The molecular formula is C16H21NO3S. The van der Waals surface area contributed by atoms with Crippen molar-refractivity contribution in [3.8, 4) is 0 Å². The third-order valence-corrected chi connectivity index (χ3v) is 6.17. The van der Waals surface area contributed by atoms with Crippen LogP contribution in [-0.2, 0) is 14.6 Å². The number of carbonyl (C=O) groups excluding carboxylic acids is 1. The summed E-state index contributed by atoms with van der Waals surface area (Å²) in [6.45, 7) is 2.71. The van der Waals surface area contributed by atoms with Crippen molar-refractivity contribution in [2.45, 2.75) is 25.0 Å². The van der Waals surface area contributed by atoms with Gasteiger partial charge in [0.1, 0.15) is 0 Å². The van der Waals surface area contributed by atoms with E-state index < -0.39 is 9.84 Å². The zero-order chi connectivity index (χ0) is 15.3. The lowest BCUT2D eigenvalue weighted by atomic mass is 10.1. The predicted molar refractivity (Wildman–Crippen MR) is 84.5 cm³/mol. The fourth-order valence-corrected chi connectivity index (χ4v) is 3.91. The molecular weight excluding hydrogens is 286 g/mol. The summed E-state index contributed by atoms with van der Waals surface area (Å²) in [5, 5.41) is -0.287. The van der Waals surface area contributed by atoms with E-state index in [9.17, 15) is 13.2 Å². The van der Waals surface area contributed by atoms with Gasteiger partial charge < -0.3 is 4.90 Å². The van der Waals surface area contributed by atoms with Crippen LogP contribution < -0.4 is 0 Å². The summed E-state index contributed by atoms with van der Waals surface area (Å²) in [7, 11) is -2.98. The molecule has 1 saturated heterocycles. The summed E-state index contributed by atoms with van der Waals surface area (Å²) in [5.74, 6) is 0.130. The highest BCUT2D eigenvalue weighted by Crippen LogP contribution is 2.19. The van der Waals surface area contributed by atoms with Crippen LogP contribution in [0.5, 0.6) is 0 Å². The number of carbonyl (C=O) groups is 1. The average Bonchev–Trinajstić information content (AvgIpc) is 2.53. The molecule has 1 amide bonds. The van der Waals surface area contributed by atoms with E-state index in [1.54, 1.807) is 24.0 Å². The van der Waals surface area contributed by atoms with Crippen molar-refractivity contribution >= 4 is 21.8 Å². The summed E-state index contributed by atoms with van der Waals surface area (Å²) in [6, 6.07) is 9.64. The van der Waals surface area contributed by atoms with Gasteiger partial charge in [-0.2, -0.15) is 0 Å². The van der Waals surface area contributed by atoms with Crippen molar-refractivity contribution in [1.82, 2.24) is 4.90 Å². The predicted octanol–water partition coefficient (Wildman–Crippen LogP) is 2.13. The Morgan fingerprint density at radius 2 is 1.86 bits per heavy atom. The lowest BCUT2D eigenvalue weighted by Gasteiger charge is -2.30. The van der Waals surface area contributed by atoms with E-state index >= 15 is 0 Å². The molecule has 1 fully saturated rings. The van der Waals surface area contributed by atoms with Gasteiger partial charge in [-0.3, -0.25) is 4.79 Å². The molecule has 0 spiro atoms. The average molecular weight is 307 g/mol. The zero-order valence-corrected chi connectivity index (χ0v) is 13.1. The summed E-state index contributed by atoms with van der Waals surface area (Å²) in [4.78, 5) is 13.8. The maximum atomic E-state index is 12.1. The number of benzene rings is 1. The van der Waals surface area contributed by atoms with Crippen LogP contribution in [0.1, 0.15) is 25.3 Å². The first kappa shape index (κ1) is 15.8. The van der Waals surface area contributed by atoms with Crippen LogP contribution in [0.25, 0.3) is 6.08 Å². The number of likely N-dealkylation sites (tertiary alicyclic amines) is 1. The summed E-state index contributed by atoms with van der Waals surface area (Å²) in [6.07, 6.45) is 4.43. The highest BCUT2D eigenvalue weighted by molar-refractivity contribution is 7.92. The fraction of sp³-hybridized carbons (Fsp3) is 0.438. The molecule has 0 N–H and O–H groups in total. The molecule has 21 heavy (non-hydrogen) atoms. The van der Waals surface area contributed by atoms with E-state index in [2.05, 4.69) is 0 Å². The van der Waals surface area contributed by atoms with Gasteiger partial charge in [0, 0.05) is 24.9 Å². The molecule has 0 saturated carbocycles. The molecule has 1 aliphatic rings. The molecule has 1 aliphatic heterocycles. The lowest BCUT2D eigenvalue weighted by Crippen LogP contribution is -2.42. The first-order valence-electron chi connectivity index (χ1n) is 7.26. The number of piperidine rings is 1. The third kappa shape index (κ3) is 4.17. The molecule has 1 aromatic rings. The van der Waals surface area contributed by atoms with Gasteiger partial charge in [0.2, 0.25) is 5.91 Å². The minimum atomic E-state index is -2.98. The zero-order valence-electron chi connectivity index (χ0n) is 12.2. The Kier molecular flexibility index (Phi) is 5.17. The van der Waals surface area contributed by atoms with Crippen molar-refractivity contribution in [3.63, 3.8) is 0 Å². The summed E-state index contributed by atoms with van der Waals surface area (Å²) < 4.78 is 23.6. The normalized spacial score (nSPS) is 17.3. The molecule has 5 heteroatoms. The Morgan fingerprint density at radius 1 is 1.24 bits per heavy atom. The van der Waals surface area contributed by atoms with Crippen LogP contribution in [0.15, 0.2) is 36.4 Å². The van der Waals surface area contributed by atoms with Crippen LogP contribution in [-0.4, -0.2) is 43.3 Å². The first-order chi connectivity index (χ1) is 10.0. The van der Waals surface area contributed by atoms with Crippen LogP contribution in [0.4, 0.5) is 0 Å². The molecule has 1 heterocycles. The smallest absolute Gasteiger partial charge is 0.246 e. The largest absolute Gasteiger partial charge is 0.339 e. The summed E-state index contributed by atoms with van der Waals surface area (Å²) in [5.41, 5.74) is 0.981. The number of rotatable bonds is 4. The van der Waals surface area contributed by atoms with E-state index in [1.807, 2.05) is 30.3 Å². The molecule has 2 rings (SSSR count). The van der Waals surface area contributed by atoms with Crippen molar-refractivity contribution in [2.24, 2.45) is 0 Å². The van der Waals surface area contributed by atoms with E-state index in [0.717, 1.165) is 5.56 Å². The molecule has 0 radical (unpaired) electrons. The second-order valence-electron chi connectivity index (χ2n) is 5.22. The SMILES string of the molecule is CCS(=O)(=O)C1CCN(C(=O)/C=C/c2ccccc2)CC1. The van der Waals surface area contributed by atoms with Crippen LogP contribution >= 0.6 is 0 Å². The highest BCUT2D eigenvalue weighted by Gasteiger charge is 2.29. The lowest BCUT2D eigenvalue weighted by molar-refractivity contribution is -0.126. The number of nitrogens with zero attached hydrogens (tertiary/aromatic N) is 1. The monoisotopic (exact) mass is 307 g/mol. The van der Waals surface area contributed by atoms with Crippen molar-refractivity contribution in [1.29, 1.82) is 0 Å². The Balaban J connectivity index is 1.90. The third-order valence-electron chi connectivity index (χ3n) is 3.88. The van der Waals surface area contributed by atoms with Gasteiger partial charge in [-0.1, -0.05) is 37.3 Å². The maximum Gasteiger partial charge on any atom is 0.246 e. The maximum absolute atomic E-state index is 12.1. The van der Waals surface area contributed by atoms with E-state index in [4.69, 9.17) is 0 Å². The van der Waals surface area contributed by atoms with Crippen molar-refractivity contribution < 1.29 is 13.2 Å². The number of hydrogen-bond acceptors (Lipinski definition) is 3. The molecule has 0 aliphatic carbocycles. The van der Waals surface area contributed by atoms with Crippen molar-refractivity contribution in [2.75, 3.05) is 18.8 Å². The molecule has 0 aromatic heterocycles. The number of sulfone groups is 1. The Bertz CT molecular complexity index is 600. The molecule has 1 aromatic carbocycles. The molecule has 0 atom stereocenters. The Labute approximate surface area is 126 Å². The second kappa shape index (κ2) is 6.89. The van der Waals surface area contributed by atoms with Crippen LogP contribution in [0, 0.1) is 0 Å². The van der Waals surface area contributed by atoms with E-state index in [1.165, 1.54) is 0 Å². The second-order valence-corrected chi connectivity index (χ2v) is 7.79. The van der Waals surface area contributed by atoms with Gasteiger partial charge in [0.25, 0.3) is 0 Å². The van der Waals surface area contributed by atoms with E-state index in [0.29, 0.717) is 25.9 Å². The minimum Gasteiger partial charge on any atom is -0.339 e. The highest BCUT2D eigenvalue weighted by atomic mass is 32.2. The van der Waals surface area contributed by atoms with Gasteiger partial charge in [-0.05, 0) is 24.5 Å². The minimum absolute atomic E-state index is 0.0498. The first-order valence-corrected chi connectivity index (χ1v) is 8.98. The van der Waals surface area contributed by atoms with Gasteiger partial charge in [0.15, 0.2) is 9.84 Å². The van der Waals surface area contributed by atoms with Gasteiger partial charge >= 0.3 is 0 Å². The number of amides is 1. The Hall–Kier alpha value is -1.62. The molecule has 114 valence electrons. The number of hydrogen-bond donors (Lipinski definition) is 0. The van der Waals surface area contributed by atoms with Crippen LogP contribution in [0.3, 0.4) is 0 Å². The fourth-order valence-electron chi connectivity index (χ4n) is 2.51. The molecule has 0 bridgehead atoms. The molecule has 4 nitrogen and oxygen atoms in total. The topological polar surface area (TPSA) is 54.5 Å². The standard InChI is InChI=1S/C16H21NO3S/c1-2-21(19,20)15-10-12-17(13-11-15)16(18)9-8-14-6-4-3-5-7-14/h3-9,15H,2,10-13H2,1H3/b9-8+.